The van der Waals surface area contributed by atoms with E-state index in [4.69, 9.17) is 10.2 Å². The van der Waals surface area contributed by atoms with Crippen molar-refractivity contribution in [3.05, 3.63) is 0 Å². The summed E-state index contributed by atoms with van der Waals surface area (Å²) in [4.78, 5) is 19.3. The molecule has 0 bridgehead atoms. The van der Waals surface area contributed by atoms with E-state index in [1.807, 2.05) is 0 Å². The van der Waals surface area contributed by atoms with Crippen LogP contribution in [0.3, 0.4) is 0 Å². The summed E-state index contributed by atoms with van der Waals surface area (Å²) >= 11 is 7.88. The van der Waals surface area contributed by atoms with Crippen LogP contribution in [-0.4, -0.2) is 44.5 Å². The van der Waals surface area contributed by atoms with Crippen molar-refractivity contribution in [3.63, 3.8) is 0 Å². The second kappa shape index (κ2) is 15.8. The summed E-state index contributed by atoms with van der Waals surface area (Å²) in [7, 11) is 0. The van der Waals surface area contributed by atoms with Crippen molar-refractivity contribution in [2.45, 2.75) is 25.0 Å². The van der Waals surface area contributed by atoms with E-state index >= 15 is 0 Å². The molecule has 0 aliphatic carbocycles. The summed E-state index contributed by atoms with van der Waals surface area (Å²) in [5.41, 5.74) is 0. The van der Waals surface area contributed by atoms with Gasteiger partial charge in [0.05, 0.1) is 12.2 Å². The Hall–Kier alpha value is 0.380. The van der Waals surface area contributed by atoms with Crippen molar-refractivity contribution in [2.24, 2.45) is 0 Å². The molecule has 112 valence electrons. The van der Waals surface area contributed by atoms with Crippen molar-refractivity contribution in [3.8, 4) is 0 Å². The van der Waals surface area contributed by atoms with Crippen LogP contribution in [0.4, 0.5) is 0 Å². The van der Waals surface area contributed by atoms with Gasteiger partial charge in [-0.3, -0.25) is 0 Å². The van der Waals surface area contributed by atoms with E-state index in [1.165, 1.54) is 0 Å². The van der Waals surface area contributed by atoms with E-state index in [-0.39, 0.29) is 51.9 Å². The molecular weight excluding hydrogens is 508 g/mol. The maximum atomic E-state index is 9.95. The third-order valence-electron chi connectivity index (χ3n) is 1.26. The summed E-state index contributed by atoms with van der Waals surface area (Å²) in [5, 5.41) is 54.1. The second-order valence-corrected chi connectivity index (χ2v) is 3.63. The van der Waals surface area contributed by atoms with Crippen LogP contribution in [0.5, 0.6) is 0 Å². The maximum absolute atomic E-state index is 9.95. The van der Waals surface area contributed by atoms with Crippen molar-refractivity contribution in [1.29, 1.82) is 0 Å². The maximum Gasteiger partial charge on any atom is 3.00 e. The van der Waals surface area contributed by atoms with Crippen LogP contribution in [0.1, 0.15) is 12.8 Å². The molecule has 2 atom stereocenters. The molecule has 0 rings (SSSR count). The number of carboxylic acid groups (broad SMARTS) is 2. The van der Waals surface area contributed by atoms with E-state index in [0.29, 0.717) is 0 Å². The topological polar surface area (TPSA) is 167 Å². The van der Waals surface area contributed by atoms with Gasteiger partial charge in [0.1, 0.15) is 0 Å². The molecular formula is C8H8AuNaO8S2. The number of aliphatic hydroxyl groups is 2. The fourth-order valence-corrected chi connectivity index (χ4v) is 0.649. The van der Waals surface area contributed by atoms with Gasteiger partial charge in [-0.25, -0.2) is 0 Å². The fourth-order valence-electron chi connectivity index (χ4n) is 0.482. The molecule has 0 amide bonds. The van der Waals surface area contributed by atoms with Gasteiger partial charge in [-0.1, -0.05) is 24.4 Å². The summed E-state index contributed by atoms with van der Waals surface area (Å²) in [6, 6.07) is 0. The van der Waals surface area contributed by atoms with Crippen LogP contribution in [0.25, 0.3) is 0 Å². The number of hydrogen-bond acceptors (Lipinski definition) is 10. The van der Waals surface area contributed by atoms with Gasteiger partial charge < -0.3 is 40.2 Å². The van der Waals surface area contributed by atoms with Crippen molar-refractivity contribution < 1.29 is 92.2 Å². The van der Waals surface area contributed by atoms with Gasteiger partial charge in [0.15, 0.2) is 0 Å². The molecule has 0 aromatic heterocycles. The molecule has 12 heteroatoms. The molecule has 20 heavy (non-hydrogen) atoms. The molecule has 0 aromatic carbocycles. The Morgan fingerprint density at radius 2 is 1.05 bits per heavy atom. The smallest absolute Gasteiger partial charge is 0.866 e. The molecule has 0 aliphatic heterocycles. The number of carboxylic acids is 2. The van der Waals surface area contributed by atoms with Crippen molar-refractivity contribution >= 4 is 46.5 Å². The summed E-state index contributed by atoms with van der Waals surface area (Å²) < 4.78 is 0. The number of rotatable bonds is 6. The first-order valence-electron chi connectivity index (χ1n) is 4.25. The minimum Gasteiger partial charge on any atom is -0.866 e. The summed E-state index contributed by atoms with van der Waals surface area (Å²) in [5.74, 6) is -2.97. The van der Waals surface area contributed by atoms with Crippen LogP contribution < -0.4 is 50.0 Å². The molecule has 0 heterocycles. The first kappa shape index (κ1) is 28.5. The van der Waals surface area contributed by atoms with Gasteiger partial charge in [-0.2, -0.15) is 0 Å². The van der Waals surface area contributed by atoms with E-state index in [1.54, 1.807) is 0 Å². The monoisotopic (exact) mass is 516 g/mol. The number of carbonyl (C=O) groups is 2. The van der Waals surface area contributed by atoms with Gasteiger partial charge in [0, 0.05) is 24.8 Å². The Morgan fingerprint density at radius 1 is 0.850 bits per heavy atom. The summed E-state index contributed by atoms with van der Waals surface area (Å²) in [6.45, 7) is 0. The average Bonchev–Trinajstić information content (AvgIpc) is 2.16. The van der Waals surface area contributed by atoms with Crippen LogP contribution in [-0.2, 0) is 32.0 Å². The normalized spacial score (nSPS) is 11.3. The second-order valence-electron chi connectivity index (χ2n) is 2.82. The summed E-state index contributed by atoms with van der Waals surface area (Å²) in [6.07, 6.45) is -4.62. The zero-order valence-electron chi connectivity index (χ0n) is 10.0. The first-order valence-corrected chi connectivity index (χ1v) is 5.07. The molecule has 0 fully saturated rings. The Bertz CT molecular complexity index is 308. The van der Waals surface area contributed by atoms with Gasteiger partial charge in [-0.15, -0.1) is 0 Å². The van der Waals surface area contributed by atoms with Crippen molar-refractivity contribution in [2.75, 3.05) is 0 Å². The molecule has 2 unspecified atom stereocenters. The molecule has 8 nitrogen and oxygen atoms in total. The fraction of sp³-hybridized carbons (Fsp3) is 0.500. The van der Waals surface area contributed by atoms with Crippen LogP contribution in [0.15, 0.2) is 0 Å². The van der Waals surface area contributed by atoms with Gasteiger partial charge in [0.25, 0.3) is 0 Å². The Balaban J connectivity index is -0.000000116. The first-order chi connectivity index (χ1) is 8.07. The van der Waals surface area contributed by atoms with Crippen LogP contribution in [0, 0.1) is 0 Å². The molecule has 0 aliphatic rings. The molecule has 0 spiro atoms. The average molecular weight is 516 g/mol. The third-order valence-corrected chi connectivity index (χ3v) is 1.81. The molecule has 0 radical (unpaired) electrons. The number of thiocarbonyl (C=S) groups is 2. The molecule has 2 N–H and O–H groups in total. The van der Waals surface area contributed by atoms with E-state index in [0.717, 1.165) is 0 Å². The van der Waals surface area contributed by atoms with E-state index in [2.05, 4.69) is 24.4 Å². The number of aliphatic carboxylic acids is 2. The Morgan fingerprint density at radius 3 is 1.10 bits per heavy atom. The quantitative estimate of drug-likeness (QED) is 0.256. The zero-order chi connectivity index (χ0) is 14.9. The van der Waals surface area contributed by atoms with Gasteiger partial charge in [0.2, 0.25) is 0 Å². The van der Waals surface area contributed by atoms with Gasteiger partial charge >= 0.3 is 51.9 Å². The van der Waals surface area contributed by atoms with Crippen LogP contribution in [0.2, 0.25) is 0 Å². The SMILES string of the molecule is O=C([O-])CC(O)C([O-])=S.O=C([O-])CC(O)C([O-])=S.[Au+3].[Na+]. The molecule has 0 aromatic rings. The minimum atomic E-state index is -1.59. The predicted octanol–water partition coefficient (Wildman–Crippen LogP) is -8.65. The van der Waals surface area contributed by atoms with E-state index in [9.17, 15) is 30.0 Å². The number of carbonyl (C=O) groups excluding carboxylic acids is 2. The minimum absolute atomic E-state index is 0. The van der Waals surface area contributed by atoms with Crippen LogP contribution >= 0.6 is 24.4 Å². The molecule has 0 saturated heterocycles. The third kappa shape index (κ3) is 20.7. The number of hydrogen-bond donors (Lipinski definition) is 2. The Labute approximate surface area is 162 Å². The van der Waals surface area contributed by atoms with E-state index < -0.39 is 47.1 Å². The zero-order valence-corrected chi connectivity index (χ0v) is 15.8. The van der Waals surface area contributed by atoms with Crippen molar-refractivity contribution in [1.82, 2.24) is 0 Å². The predicted molar refractivity (Wildman–Crippen MR) is 56.5 cm³/mol. The van der Waals surface area contributed by atoms with Gasteiger partial charge in [-0.05, 0) is 10.1 Å². The molecule has 0 saturated carbocycles. The number of aliphatic hydroxyl groups excluding tert-OH is 2. The largest absolute Gasteiger partial charge is 3.00 e. The Kier molecular flexibility index (Phi) is 22.5. The standard InChI is InChI=1S/2C4H6O4S.Au.Na/c2*5-2(4(8)9)1-3(6)7;;/h2*2,5H,1H2,(H,6,7)(H,8,9);;/q;;+3;+1/p-4.